The lowest BCUT2D eigenvalue weighted by Crippen LogP contribution is -2.39. The number of ether oxygens (including phenoxy) is 3. The quantitative estimate of drug-likeness (QED) is 0.531. The third-order valence-corrected chi connectivity index (χ3v) is 4.61. The average molecular weight is 386 g/mol. The molecular weight excluding hydrogens is 354 g/mol. The first-order chi connectivity index (χ1) is 13.6. The van der Waals surface area contributed by atoms with E-state index in [1.165, 1.54) is 16.7 Å². The maximum Gasteiger partial charge on any atom is 0.193 e. The van der Waals surface area contributed by atoms with Crippen LogP contribution >= 0.6 is 0 Å². The minimum Gasteiger partial charge on any atom is -0.493 e. The largest absolute Gasteiger partial charge is 0.493 e. The van der Waals surface area contributed by atoms with Crippen LogP contribution in [0.4, 0.5) is 0 Å². The van der Waals surface area contributed by atoms with Gasteiger partial charge in [-0.15, -0.1) is 0 Å². The predicted molar refractivity (Wildman–Crippen MR) is 113 cm³/mol. The molecule has 0 saturated carbocycles. The van der Waals surface area contributed by atoms with Crippen LogP contribution in [-0.4, -0.2) is 52.8 Å². The SMILES string of the molecule is CN=C(NCc1ccccc1COC)N(C)CCc1ccc(OC)c(OC)c1. The summed E-state index contributed by atoms with van der Waals surface area (Å²) in [5.74, 6) is 2.35. The number of hydrogen-bond acceptors (Lipinski definition) is 4. The van der Waals surface area contributed by atoms with Crippen LogP contribution < -0.4 is 14.8 Å². The van der Waals surface area contributed by atoms with Crippen molar-refractivity contribution in [1.29, 1.82) is 0 Å². The van der Waals surface area contributed by atoms with Gasteiger partial charge in [0.25, 0.3) is 0 Å². The summed E-state index contributed by atoms with van der Waals surface area (Å²) in [4.78, 5) is 6.53. The molecular formula is C22H31N3O3. The van der Waals surface area contributed by atoms with E-state index < -0.39 is 0 Å². The molecule has 0 aromatic heterocycles. The van der Waals surface area contributed by atoms with E-state index in [0.717, 1.165) is 30.4 Å². The number of methoxy groups -OCH3 is 3. The molecule has 0 bridgehead atoms. The summed E-state index contributed by atoms with van der Waals surface area (Å²) in [6, 6.07) is 14.3. The Morgan fingerprint density at radius 2 is 1.71 bits per heavy atom. The zero-order valence-corrected chi connectivity index (χ0v) is 17.5. The highest BCUT2D eigenvalue weighted by Crippen LogP contribution is 2.27. The van der Waals surface area contributed by atoms with Gasteiger partial charge in [-0.25, -0.2) is 0 Å². The van der Waals surface area contributed by atoms with E-state index >= 15 is 0 Å². The Hall–Kier alpha value is -2.73. The first kappa shape index (κ1) is 21.6. The normalized spacial score (nSPS) is 11.2. The second-order valence-electron chi connectivity index (χ2n) is 6.46. The highest BCUT2D eigenvalue weighted by Gasteiger charge is 2.09. The summed E-state index contributed by atoms with van der Waals surface area (Å²) in [5.41, 5.74) is 3.57. The van der Waals surface area contributed by atoms with E-state index in [0.29, 0.717) is 13.2 Å². The van der Waals surface area contributed by atoms with Crippen LogP contribution in [0, 0.1) is 0 Å². The number of rotatable bonds is 9. The molecule has 0 radical (unpaired) electrons. The Balaban J connectivity index is 1.94. The Morgan fingerprint density at radius 3 is 2.36 bits per heavy atom. The molecule has 0 amide bonds. The van der Waals surface area contributed by atoms with E-state index in [2.05, 4.69) is 33.4 Å². The fraction of sp³-hybridized carbons (Fsp3) is 0.409. The molecule has 0 aliphatic carbocycles. The molecule has 0 heterocycles. The third kappa shape index (κ3) is 5.89. The lowest BCUT2D eigenvalue weighted by Gasteiger charge is -2.23. The minimum atomic E-state index is 0.603. The Bertz CT molecular complexity index is 777. The topological polar surface area (TPSA) is 55.3 Å². The third-order valence-electron chi connectivity index (χ3n) is 4.61. The van der Waals surface area contributed by atoms with Crippen molar-refractivity contribution in [2.45, 2.75) is 19.6 Å². The maximum atomic E-state index is 5.39. The van der Waals surface area contributed by atoms with Gasteiger partial charge in [-0.2, -0.15) is 0 Å². The highest BCUT2D eigenvalue weighted by atomic mass is 16.5. The van der Waals surface area contributed by atoms with Crippen LogP contribution in [-0.2, 0) is 24.3 Å². The van der Waals surface area contributed by atoms with Gasteiger partial charge in [-0.3, -0.25) is 4.99 Å². The number of guanidine groups is 1. The molecule has 0 aliphatic heterocycles. The molecule has 0 saturated heterocycles. The smallest absolute Gasteiger partial charge is 0.193 e. The van der Waals surface area contributed by atoms with Crippen LogP contribution in [0.1, 0.15) is 16.7 Å². The first-order valence-electron chi connectivity index (χ1n) is 9.31. The van der Waals surface area contributed by atoms with Gasteiger partial charge in [0.15, 0.2) is 17.5 Å². The van der Waals surface area contributed by atoms with Gasteiger partial charge in [0, 0.05) is 34.3 Å². The molecule has 1 N–H and O–H groups in total. The van der Waals surface area contributed by atoms with Crippen LogP contribution in [0.3, 0.4) is 0 Å². The molecule has 6 nitrogen and oxygen atoms in total. The molecule has 152 valence electrons. The summed E-state index contributed by atoms with van der Waals surface area (Å²) < 4.78 is 16.0. The second-order valence-corrected chi connectivity index (χ2v) is 6.46. The molecule has 6 heteroatoms. The van der Waals surface area contributed by atoms with Crippen molar-refractivity contribution < 1.29 is 14.2 Å². The minimum absolute atomic E-state index is 0.603. The van der Waals surface area contributed by atoms with Gasteiger partial charge in [0.1, 0.15) is 0 Å². The Kier molecular flexibility index (Phi) is 8.62. The van der Waals surface area contributed by atoms with Crippen LogP contribution in [0.25, 0.3) is 0 Å². The van der Waals surface area contributed by atoms with E-state index in [9.17, 15) is 0 Å². The van der Waals surface area contributed by atoms with Gasteiger partial charge in [-0.05, 0) is 35.2 Å². The van der Waals surface area contributed by atoms with E-state index in [-0.39, 0.29) is 0 Å². The van der Waals surface area contributed by atoms with Crippen LogP contribution in [0.15, 0.2) is 47.5 Å². The van der Waals surface area contributed by atoms with Crippen molar-refractivity contribution >= 4 is 5.96 Å². The maximum absolute atomic E-state index is 5.39. The number of aliphatic imine (C=N–C) groups is 1. The zero-order chi connectivity index (χ0) is 20.4. The molecule has 0 aliphatic rings. The van der Waals surface area contributed by atoms with Crippen molar-refractivity contribution in [2.75, 3.05) is 42.0 Å². The summed E-state index contributed by atoms with van der Waals surface area (Å²) in [5, 5.41) is 3.44. The summed E-state index contributed by atoms with van der Waals surface area (Å²) in [6.45, 7) is 2.13. The molecule has 0 unspecified atom stereocenters. The van der Waals surface area contributed by atoms with E-state index in [1.807, 2.05) is 31.3 Å². The fourth-order valence-corrected chi connectivity index (χ4v) is 3.02. The molecule has 0 spiro atoms. The van der Waals surface area contributed by atoms with Crippen molar-refractivity contribution in [3.63, 3.8) is 0 Å². The molecule has 28 heavy (non-hydrogen) atoms. The number of hydrogen-bond donors (Lipinski definition) is 1. The first-order valence-corrected chi connectivity index (χ1v) is 9.31. The van der Waals surface area contributed by atoms with E-state index in [4.69, 9.17) is 14.2 Å². The molecule has 2 rings (SSSR count). The predicted octanol–water partition coefficient (Wildman–Crippen LogP) is 3.10. The molecule has 0 fully saturated rings. The Labute approximate surface area is 168 Å². The van der Waals surface area contributed by atoms with Gasteiger partial charge in [-0.1, -0.05) is 30.3 Å². The molecule has 2 aromatic rings. The molecule has 2 aromatic carbocycles. The fourth-order valence-electron chi connectivity index (χ4n) is 3.02. The van der Waals surface area contributed by atoms with Crippen molar-refractivity contribution in [1.82, 2.24) is 10.2 Å². The Morgan fingerprint density at radius 1 is 1.00 bits per heavy atom. The number of nitrogens with zero attached hydrogens (tertiary/aromatic N) is 2. The standard InChI is InChI=1S/C22H31N3O3/c1-23-22(24-15-18-8-6-7-9-19(18)16-26-3)25(2)13-12-17-10-11-20(27-4)21(14-17)28-5/h6-11,14H,12-13,15-16H2,1-5H3,(H,23,24). The lowest BCUT2D eigenvalue weighted by molar-refractivity contribution is 0.184. The monoisotopic (exact) mass is 385 g/mol. The van der Waals surface area contributed by atoms with Crippen LogP contribution in [0.2, 0.25) is 0 Å². The second kappa shape index (κ2) is 11.2. The number of likely N-dealkylation sites (N-methyl/N-ethyl adjacent to an activating group) is 1. The molecule has 0 atom stereocenters. The summed E-state index contributed by atoms with van der Waals surface area (Å²) in [7, 11) is 8.85. The number of nitrogens with one attached hydrogen (secondary N) is 1. The lowest BCUT2D eigenvalue weighted by atomic mass is 10.1. The van der Waals surface area contributed by atoms with E-state index in [1.54, 1.807) is 28.4 Å². The number of benzene rings is 2. The van der Waals surface area contributed by atoms with Gasteiger partial charge < -0.3 is 24.4 Å². The summed E-state index contributed by atoms with van der Waals surface area (Å²) >= 11 is 0. The van der Waals surface area contributed by atoms with Crippen LogP contribution in [0.5, 0.6) is 11.5 Å². The zero-order valence-electron chi connectivity index (χ0n) is 17.5. The highest BCUT2D eigenvalue weighted by molar-refractivity contribution is 5.79. The summed E-state index contributed by atoms with van der Waals surface area (Å²) in [6.07, 6.45) is 0.873. The van der Waals surface area contributed by atoms with Crippen molar-refractivity contribution in [3.8, 4) is 11.5 Å². The van der Waals surface area contributed by atoms with Crippen molar-refractivity contribution in [3.05, 3.63) is 59.2 Å². The average Bonchev–Trinajstić information content (AvgIpc) is 2.73. The van der Waals surface area contributed by atoms with Gasteiger partial charge in [0.05, 0.1) is 20.8 Å². The van der Waals surface area contributed by atoms with Gasteiger partial charge >= 0.3 is 0 Å². The van der Waals surface area contributed by atoms with Crippen molar-refractivity contribution in [2.24, 2.45) is 4.99 Å². The van der Waals surface area contributed by atoms with Gasteiger partial charge in [0.2, 0.25) is 0 Å².